The van der Waals surface area contributed by atoms with Gasteiger partial charge in [-0.25, -0.2) is 9.48 Å². The molecule has 2 heterocycles. The molecule has 2 N–H and O–H groups in total. The number of nitrogen functional groups attached to an aromatic ring is 1. The molecule has 1 aliphatic heterocycles. The lowest BCUT2D eigenvalue weighted by Crippen LogP contribution is -2.51. The maximum absolute atomic E-state index is 12.6. The second-order valence-electron chi connectivity index (χ2n) is 6.38. The summed E-state index contributed by atoms with van der Waals surface area (Å²) in [7, 11) is 0. The lowest BCUT2D eigenvalue weighted by atomic mass is 10.1. The van der Waals surface area contributed by atoms with Gasteiger partial charge in [0.25, 0.3) is 5.56 Å². The smallest absolute Gasteiger partial charge is 0.409 e. The van der Waals surface area contributed by atoms with Crippen LogP contribution in [-0.4, -0.2) is 64.4 Å². The topological polar surface area (TPSA) is 111 Å². The highest BCUT2D eigenvalue weighted by Gasteiger charge is 2.25. The first-order valence-electron chi connectivity index (χ1n) is 9.12. The quantitative estimate of drug-likeness (QED) is 0.833. The Kier molecular flexibility index (Phi) is 5.93. The molecular formula is C19H23N5O4. The standard InChI is InChI=1S/C19H23N5O4/c1-2-28-19(27)23-10-8-22(9-11-23)17(25)13-24-18(26)15(20)12-16(21-24)14-6-4-3-5-7-14/h3-7,12H,2,8-11,13,20H2,1H3. The molecule has 0 bridgehead atoms. The summed E-state index contributed by atoms with van der Waals surface area (Å²) in [5.74, 6) is -0.247. The van der Waals surface area contributed by atoms with Crippen molar-refractivity contribution in [2.24, 2.45) is 0 Å². The van der Waals surface area contributed by atoms with Crippen LogP contribution in [0, 0.1) is 0 Å². The minimum Gasteiger partial charge on any atom is -0.450 e. The Morgan fingerprint density at radius 1 is 1.11 bits per heavy atom. The Morgan fingerprint density at radius 2 is 1.75 bits per heavy atom. The molecule has 2 aromatic rings. The van der Waals surface area contributed by atoms with Crippen molar-refractivity contribution in [2.75, 3.05) is 38.5 Å². The van der Waals surface area contributed by atoms with E-state index in [1.807, 2.05) is 30.3 Å². The monoisotopic (exact) mass is 385 g/mol. The number of amides is 2. The van der Waals surface area contributed by atoms with Crippen molar-refractivity contribution in [1.29, 1.82) is 0 Å². The Hall–Kier alpha value is -3.36. The van der Waals surface area contributed by atoms with Crippen molar-refractivity contribution in [3.8, 4) is 11.3 Å². The maximum atomic E-state index is 12.6. The van der Waals surface area contributed by atoms with Crippen LogP contribution in [0.3, 0.4) is 0 Å². The van der Waals surface area contributed by atoms with Crippen LogP contribution in [0.1, 0.15) is 6.92 Å². The summed E-state index contributed by atoms with van der Waals surface area (Å²) in [6, 6.07) is 10.8. The van der Waals surface area contributed by atoms with E-state index < -0.39 is 5.56 Å². The molecule has 9 heteroatoms. The minimum atomic E-state index is -0.502. The molecule has 1 aromatic carbocycles. The van der Waals surface area contributed by atoms with Crippen molar-refractivity contribution in [2.45, 2.75) is 13.5 Å². The minimum absolute atomic E-state index is 0.0359. The predicted molar refractivity (Wildman–Crippen MR) is 104 cm³/mol. The van der Waals surface area contributed by atoms with Crippen molar-refractivity contribution in [3.05, 3.63) is 46.8 Å². The van der Waals surface area contributed by atoms with Gasteiger partial charge < -0.3 is 20.3 Å². The van der Waals surface area contributed by atoms with Gasteiger partial charge in [-0.05, 0) is 13.0 Å². The van der Waals surface area contributed by atoms with Gasteiger partial charge in [0.15, 0.2) is 0 Å². The van der Waals surface area contributed by atoms with Crippen LogP contribution < -0.4 is 11.3 Å². The Labute approximate surface area is 162 Å². The molecule has 0 unspecified atom stereocenters. The number of hydrogen-bond donors (Lipinski definition) is 1. The molecule has 148 valence electrons. The number of ether oxygens (including phenoxy) is 1. The molecule has 2 amide bonds. The summed E-state index contributed by atoms with van der Waals surface area (Å²) >= 11 is 0. The molecule has 1 aliphatic rings. The number of benzene rings is 1. The zero-order valence-corrected chi connectivity index (χ0v) is 15.7. The van der Waals surface area contributed by atoms with E-state index in [1.54, 1.807) is 16.7 Å². The van der Waals surface area contributed by atoms with Crippen LogP contribution in [0.25, 0.3) is 11.3 Å². The summed E-state index contributed by atoms with van der Waals surface area (Å²) in [4.78, 5) is 39.9. The Morgan fingerprint density at radius 3 is 2.39 bits per heavy atom. The molecule has 0 spiro atoms. The highest BCUT2D eigenvalue weighted by Crippen LogP contribution is 2.16. The van der Waals surface area contributed by atoms with Gasteiger partial charge in [-0.1, -0.05) is 30.3 Å². The molecule has 1 aromatic heterocycles. The maximum Gasteiger partial charge on any atom is 0.409 e. The number of nitrogens with zero attached hydrogens (tertiary/aromatic N) is 4. The normalized spacial score (nSPS) is 14.0. The summed E-state index contributed by atoms with van der Waals surface area (Å²) in [5, 5.41) is 4.30. The molecule has 1 fully saturated rings. The number of carbonyl (C=O) groups is 2. The summed E-state index contributed by atoms with van der Waals surface area (Å²) < 4.78 is 6.07. The summed E-state index contributed by atoms with van der Waals surface area (Å²) in [6.07, 6.45) is -0.379. The summed E-state index contributed by atoms with van der Waals surface area (Å²) in [6.45, 7) is 3.38. The third kappa shape index (κ3) is 4.30. The second kappa shape index (κ2) is 8.55. The highest BCUT2D eigenvalue weighted by molar-refractivity contribution is 5.76. The average molecular weight is 385 g/mol. The fraction of sp³-hybridized carbons (Fsp3) is 0.368. The molecule has 28 heavy (non-hydrogen) atoms. The highest BCUT2D eigenvalue weighted by atomic mass is 16.6. The van der Waals surface area contributed by atoms with Crippen molar-refractivity contribution in [1.82, 2.24) is 19.6 Å². The van der Waals surface area contributed by atoms with Crippen LogP contribution in [0.2, 0.25) is 0 Å². The van der Waals surface area contributed by atoms with E-state index in [2.05, 4.69) is 5.10 Å². The molecule has 0 saturated carbocycles. The van der Waals surface area contributed by atoms with E-state index >= 15 is 0 Å². The van der Waals surface area contributed by atoms with Gasteiger partial charge in [-0.2, -0.15) is 5.10 Å². The number of hydrogen-bond acceptors (Lipinski definition) is 6. The zero-order chi connectivity index (χ0) is 20.1. The SMILES string of the molecule is CCOC(=O)N1CCN(C(=O)Cn2nc(-c3ccccc3)cc(N)c2=O)CC1. The number of carbonyl (C=O) groups excluding carboxylic acids is 2. The van der Waals surface area contributed by atoms with Crippen LogP contribution in [0.5, 0.6) is 0 Å². The first kappa shape index (κ1) is 19.4. The first-order chi connectivity index (χ1) is 13.5. The number of nitrogens with two attached hydrogens (primary N) is 1. The van der Waals surface area contributed by atoms with Gasteiger partial charge in [0.05, 0.1) is 12.3 Å². The number of piperazine rings is 1. The van der Waals surface area contributed by atoms with E-state index in [1.165, 1.54) is 6.07 Å². The molecule has 0 atom stereocenters. The van der Waals surface area contributed by atoms with E-state index in [-0.39, 0.29) is 24.2 Å². The third-order valence-corrected chi connectivity index (χ3v) is 4.52. The van der Waals surface area contributed by atoms with Crippen LogP contribution >= 0.6 is 0 Å². The zero-order valence-electron chi connectivity index (χ0n) is 15.7. The molecule has 3 rings (SSSR count). The lowest BCUT2D eigenvalue weighted by Gasteiger charge is -2.34. The van der Waals surface area contributed by atoms with E-state index in [0.29, 0.717) is 38.5 Å². The van der Waals surface area contributed by atoms with Crippen molar-refractivity contribution >= 4 is 17.7 Å². The molecule has 0 radical (unpaired) electrons. The Bertz CT molecular complexity index is 904. The molecule has 1 saturated heterocycles. The van der Waals surface area contributed by atoms with E-state index in [0.717, 1.165) is 10.2 Å². The van der Waals surface area contributed by atoms with E-state index in [4.69, 9.17) is 10.5 Å². The summed E-state index contributed by atoms with van der Waals surface area (Å²) in [5.41, 5.74) is 6.70. The van der Waals surface area contributed by atoms with Crippen LogP contribution in [-0.2, 0) is 16.1 Å². The number of anilines is 1. The van der Waals surface area contributed by atoms with E-state index in [9.17, 15) is 14.4 Å². The van der Waals surface area contributed by atoms with Crippen LogP contribution in [0.4, 0.5) is 10.5 Å². The van der Waals surface area contributed by atoms with Crippen LogP contribution in [0.15, 0.2) is 41.2 Å². The predicted octanol–water partition coefficient (Wildman–Crippen LogP) is 0.793. The van der Waals surface area contributed by atoms with Gasteiger partial charge in [0, 0.05) is 31.7 Å². The molecule has 0 aliphatic carbocycles. The molecular weight excluding hydrogens is 362 g/mol. The second-order valence-corrected chi connectivity index (χ2v) is 6.38. The van der Waals surface area contributed by atoms with Crippen molar-refractivity contribution in [3.63, 3.8) is 0 Å². The van der Waals surface area contributed by atoms with Gasteiger partial charge in [0.2, 0.25) is 5.91 Å². The van der Waals surface area contributed by atoms with Gasteiger partial charge in [-0.15, -0.1) is 0 Å². The number of aromatic nitrogens is 2. The average Bonchev–Trinajstić information content (AvgIpc) is 2.72. The lowest BCUT2D eigenvalue weighted by molar-refractivity contribution is -0.133. The largest absolute Gasteiger partial charge is 0.450 e. The van der Waals surface area contributed by atoms with Crippen molar-refractivity contribution < 1.29 is 14.3 Å². The van der Waals surface area contributed by atoms with Gasteiger partial charge in [-0.3, -0.25) is 9.59 Å². The Balaban J connectivity index is 1.70. The fourth-order valence-electron chi connectivity index (χ4n) is 3.00. The first-order valence-corrected chi connectivity index (χ1v) is 9.12. The number of rotatable bonds is 4. The third-order valence-electron chi connectivity index (χ3n) is 4.52. The van der Waals surface area contributed by atoms with Gasteiger partial charge >= 0.3 is 6.09 Å². The fourth-order valence-corrected chi connectivity index (χ4v) is 3.00. The molecule has 9 nitrogen and oxygen atoms in total. The van der Waals surface area contributed by atoms with Gasteiger partial charge in [0.1, 0.15) is 12.2 Å².